The summed E-state index contributed by atoms with van der Waals surface area (Å²) in [6.07, 6.45) is 0.515. The van der Waals surface area contributed by atoms with Crippen molar-refractivity contribution in [2.45, 2.75) is 38.2 Å². The normalized spacial score (nSPS) is 24.2. The lowest BCUT2D eigenvalue weighted by Crippen LogP contribution is -2.42. The number of amides is 1. The number of carbonyl (C=O) groups excluding carboxylic acids is 1. The minimum absolute atomic E-state index is 0.0282. The summed E-state index contributed by atoms with van der Waals surface area (Å²) >= 11 is 3.00. The molecule has 1 amide bonds. The lowest BCUT2D eigenvalue weighted by molar-refractivity contribution is -0.131. The molecule has 1 aliphatic heterocycles. The fourth-order valence-electron chi connectivity index (χ4n) is 1.62. The van der Waals surface area contributed by atoms with E-state index in [2.05, 4.69) is 31.1 Å². The monoisotopic (exact) mass is 286 g/mol. The second kappa shape index (κ2) is 4.83. The van der Waals surface area contributed by atoms with Gasteiger partial charge in [0.1, 0.15) is 0 Å². The average molecular weight is 286 g/mol. The maximum absolute atomic E-state index is 12.0. The van der Waals surface area contributed by atoms with Gasteiger partial charge >= 0.3 is 0 Å². The van der Waals surface area contributed by atoms with E-state index in [9.17, 15) is 9.90 Å². The number of nitrogens with one attached hydrogen (secondary N) is 1. The van der Waals surface area contributed by atoms with E-state index in [-0.39, 0.29) is 11.3 Å². The van der Waals surface area contributed by atoms with Crippen LogP contribution in [0.25, 0.3) is 0 Å². The summed E-state index contributed by atoms with van der Waals surface area (Å²) in [4.78, 5) is 16.4. The Morgan fingerprint density at radius 1 is 1.56 bits per heavy atom. The van der Waals surface area contributed by atoms with Crippen LogP contribution in [0.4, 0.5) is 5.13 Å². The zero-order valence-corrected chi connectivity index (χ0v) is 12.5. The van der Waals surface area contributed by atoms with Crippen LogP contribution in [0.1, 0.15) is 32.9 Å². The summed E-state index contributed by atoms with van der Waals surface area (Å²) in [5, 5.41) is 15.4. The molecular weight excluding hydrogens is 268 g/mol. The fraction of sp³-hybridized carbons (Fsp3) is 0.667. The van der Waals surface area contributed by atoms with E-state index in [1.54, 1.807) is 11.8 Å². The smallest absolute Gasteiger partial charge is 0.259 e. The van der Waals surface area contributed by atoms with E-state index in [0.29, 0.717) is 17.3 Å². The number of thioether (sulfide) groups is 1. The van der Waals surface area contributed by atoms with Crippen molar-refractivity contribution in [3.05, 3.63) is 11.1 Å². The number of hydrogen-bond acceptors (Lipinski definition) is 5. The molecule has 1 fully saturated rings. The van der Waals surface area contributed by atoms with E-state index in [1.807, 2.05) is 5.38 Å². The second-order valence-electron chi connectivity index (χ2n) is 5.58. The molecule has 1 atom stereocenters. The Balaban J connectivity index is 2.06. The number of carbonyl (C=O) groups is 1. The lowest BCUT2D eigenvalue weighted by Gasteiger charge is -2.19. The van der Waals surface area contributed by atoms with Crippen molar-refractivity contribution < 1.29 is 9.90 Å². The van der Waals surface area contributed by atoms with Crippen LogP contribution in [-0.4, -0.2) is 33.1 Å². The Labute approximate surface area is 115 Å². The van der Waals surface area contributed by atoms with Gasteiger partial charge in [-0.15, -0.1) is 11.3 Å². The molecule has 0 aliphatic carbocycles. The summed E-state index contributed by atoms with van der Waals surface area (Å²) in [7, 11) is 0. The van der Waals surface area contributed by atoms with Gasteiger partial charge in [-0.3, -0.25) is 10.1 Å². The van der Waals surface area contributed by atoms with Gasteiger partial charge in [-0.25, -0.2) is 4.98 Å². The third-order valence-corrected chi connectivity index (χ3v) is 4.85. The van der Waals surface area contributed by atoms with Crippen LogP contribution in [0.15, 0.2) is 5.38 Å². The highest BCUT2D eigenvalue weighted by Crippen LogP contribution is 2.30. The number of hydrogen-bond donors (Lipinski definition) is 2. The first kappa shape index (κ1) is 13.8. The highest BCUT2D eigenvalue weighted by molar-refractivity contribution is 7.99. The second-order valence-corrected chi connectivity index (χ2v) is 7.54. The molecular formula is C12H18N2O2S2. The van der Waals surface area contributed by atoms with Crippen molar-refractivity contribution in [2.75, 3.05) is 16.8 Å². The molecule has 0 aromatic carbocycles. The van der Waals surface area contributed by atoms with Crippen molar-refractivity contribution in [3.63, 3.8) is 0 Å². The number of rotatable bonds is 2. The zero-order valence-electron chi connectivity index (χ0n) is 10.8. The molecule has 1 unspecified atom stereocenters. The molecule has 0 spiro atoms. The zero-order chi connectivity index (χ0) is 13.4. The maximum atomic E-state index is 12.0. The molecule has 0 bridgehead atoms. The summed E-state index contributed by atoms with van der Waals surface area (Å²) in [5.41, 5.74) is -0.298. The minimum Gasteiger partial charge on any atom is -0.379 e. The van der Waals surface area contributed by atoms with Gasteiger partial charge in [0.05, 0.1) is 5.69 Å². The largest absolute Gasteiger partial charge is 0.379 e. The van der Waals surface area contributed by atoms with E-state index in [4.69, 9.17) is 0 Å². The van der Waals surface area contributed by atoms with Crippen molar-refractivity contribution >= 4 is 34.1 Å². The van der Waals surface area contributed by atoms with Gasteiger partial charge in [0.2, 0.25) is 0 Å². The van der Waals surface area contributed by atoms with Crippen molar-refractivity contribution in [3.8, 4) is 0 Å². The molecule has 1 aromatic rings. The Bertz CT molecular complexity index is 445. The Hall–Kier alpha value is -0.590. The molecule has 2 N–H and O–H groups in total. The topological polar surface area (TPSA) is 62.2 Å². The predicted octanol–water partition coefficient (Wildman–Crippen LogP) is 2.25. The third kappa shape index (κ3) is 2.87. The summed E-state index contributed by atoms with van der Waals surface area (Å²) in [6.45, 7) is 6.23. The molecule has 4 nitrogen and oxygen atoms in total. The van der Waals surface area contributed by atoms with Crippen LogP contribution in [-0.2, 0) is 10.2 Å². The summed E-state index contributed by atoms with van der Waals surface area (Å²) < 4.78 is 0. The molecule has 2 rings (SSSR count). The number of aliphatic hydroxyl groups is 1. The van der Waals surface area contributed by atoms with Gasteiger partial charge < -0.3 is 5.11 Å². The van der Waals surface area contributed by atoms with Gasteiger partial charge in [-0.05, 0) is 12.2 Å². The molecule has 100 valence electrons. The quantitative estimate of drug-likeness (QED) is 0.875. The van der Waals surface area contributed by atoms with Gasteiger partial charge in [0.25, 0.3) is 5.91 Å². The fourth-order valence-corrected chi connectivity index (χ4v) is 3.79. The van der Waals surface area contributed by atoms with Crippen molar-refractivity contribution in [1.29, 1.82) is 0 Å². The number of nitrogens with zero attached hydrogens (tertiary/aromatic N) is 1. The van der Waals surface area contributed by atoms with E-state index in [1.165, 1.54) is 11.3 Å². The summed E-state index contributed by atoms with van der Waals surface area (Å²) in [5.74, 6) is 0.966. The summed E-state index contributed by atoms with van der Waals surface area (Å²) in [6, 6.07) is 0. The van der Waals surface area contributed by atoms with Crippen LogP contribution >= 0.6 is 23.1 Å². The Morgan fingerprint density at radius 3 is 2.78 bits per heavy atom. The molecule has 0 saturated carbocycles. The van der Waals surface area contributed by atoms with Gasteiger partial charge in [-0.1, -0.05) is 20.8 Å². The minimum atomic E-state index is -1.22. The molecule has 1 saturated heterocycles. The van der Waals surface area contributed by atoms with Crippen LogP contribution in [0.2, 0.25) is 0 Å². The first-order valence-corrected chi connectivity index (χ1v) is 7.92. The Morgan fingerprint density at radius 2 is 2.28 bits per heavy atom. The molecule has 1 aromatic heterocycles. The third-order valence-electron chi connectivity index (χ3n) is 2.92. The number of aromatic nitrogens is 1. The van der Waals surface area contributed by atoms with Crippen LogP contribution in [0.5, 0.6) is 0 Å². The van der Waals surface area contributed by atoms with Crippen LogP contribution in [0.3, 0.4) is 0 Å². The van der Waals surface area contributed by atoms with Gasteiger partial charge in [-0.2, -0.15) is 11.8 Å². The molecule has 18 heavy (non-hydrogen) atoms. The van der Waals surface area contributed by atoms with Crippen molar-refractivity contribution in [1.82, 2.24) is 4.98 Å². The highest BCUT2D eigenvalue weighted by Gasteiger charge is 2.39. The SMILES string of the molecule is CC(C)(C)c1csc(NC(=O)C2(O)CCSC2)n1. The van der Waals surface area contributed by atoms with E-state index < -0.39 is 5.60 Å². The molecule has 1 aliphatic rings. The van der Waals surface area contributed by atoms with Crippen LogP contribution < -0.4 is 5.32 Å². The van der Waals surface area contributed by atoms with E-state index >= 15 is 0 Å². The first-order chi connectivity index (χ1) is 8.31. The molecule has 6 heteroatoms. The number of thiazole rings is 1. The van der Waals surface area contributed by atoms with Crippen molar-refractivity contribution in [2.24, 2.45) is 0 Å². The van der Waals surface area contributed by atoms with Gasteiger partial charge in [0.15, 0.2) is 10.7 Å². The number of anilines is 1. The standard InChI is InChI=1S/C12H18N2O2S2/c1-11(2,3)8-6-18-10(13-8)14-9(15)12(16)4-5-17-7-12/h6,16H,4-5,7H2,1-3H3,(H,13,14,15). The highest BCUT2D eigenvalue weighted by atomic mass is 32.2. The first-order valence-electron chi connectivity index (χ1n) is 5.89. The van der Waals surface area contributed by atoms with Crippen LogP contribution in [0, 0.1) is 0 Å². The molecule has 0 radical (unpaired) electrons. The maximum Gasteiger partial charge on any atom is 0.259 e. The molecule has 2 heterocycles. The van der Waals surface area contributed by atoms with Gasteiger partial charge in [0, 0.05) is 16.5 Å². The lowest BCUT2D eigenvalue weighted by atomic mass is 9.93. The average Bonchev–Trinajstić information content (AvgIpc) is 2.86. The van der Waals surface area contributed by atoms with E-state index in [0.717, 1.165) is 11.4 Å². The predicted molar refractivity (Wildman–Crippen MR) is 76.3 cm³/mol. The Kier molecular flexibility index (Phi) is 3.71.